The summed E-state index contributed by atoms with van der Waals surface area (Å²) in [4.78, 5) is 6.31. The highest BCUT2D eigenvalue weighted by atomic mass is 16.5. The number of ether oxygens (including phenoxy) is 1. The first-order chi connectivity index (χ1) is 8.29. The zero-order chi connectivity index (χ0) is 12.1. The van der Waals surface area contributed by atoms with Crippen LogP contribution in [0.25, 0.3) is 0 Å². The van der Waals surface area contributed by atoms with Crippen LogP contribution in [0, 0.1) is 17.2 Å². The van der Waals surface area contributed by atoms with E-state index in [0.717, 1.165) is 6.54 Å². The number of nitrogens with zero attached hydrogens (tertiary/aromatic N) is 3. The molecule has 0 spiro atoms. The number of hydrogen-bond donors (Lipinski definition) is 0. The summed E-state index contributed by atoms with van der Waals surface area (Å²) in [6.07, 6.45) is 5.65. The van der Waals surface area contributed by atoms with E-state index in [2.05, 4.69) is 23.0 Å². The van der Waals surface area contributed by atoms with Crippen molar-refractivity contribution >= 4 is 0 Å². The van der Waals surface area contributed by atoms with Crippen molar-refractivity contribution in [2.24, 2.45) is 5.92 Å². The van der Waals surface area contributed by atoms with Gasteiger partial charge < -0.3 is 9.64 Å². The largest absolute Gasteiger partial charge is 0.490 e. The number of pyridine rings is 1. The van der Waals surface area contributed by atoms with Gasteiger partial charge in [0.05, 0.1) is 18.4 Å². The Bertz CT molecular complexity index is 413. The van der Waals surface area contributed by atoms with Crippen LogP contribution >= 0.6 is 0 Å². The summed E-state index contributed by atoms with van der Waals surface area (Å²) < 4.78 is 5.70. The quantitative estimate of drug-likeness (QED) is 0.794. The lowest BCUT2D eigenvalue weighted by Crippen LogP contribution is -2.34. The van der Waals surface area contributed by atoms with Crippen molar-refractivity contribution in [1.82, 2.24) is 9.88 Å². The normalized spacial score (nSPS) is 20.8. The molecule has 2 rings (SSSR count). The Morgan fingerprint density at radius 1 is 1.65 bits per heavy atom. The lowest BCUT2D eigenvalue weighted by molar-refractivity contribution is 0.150. The second-order valence-electron chi connectivity index (χ2n) is 4.57. The second-order valence-corrected chi connectivity index (χ2v) is 4.57. The highest BCUT2D eigenvalue weighted by Crippen LogP contribution is 2.19. The number of hydrogen-bond acceptors (Lipinski definition) is 4. The van der Waals surface area contributed by atoms with Crippen molar-refractivity contribution in [3.63, 3.8) is 0 Å². The third-order valence-electron chi connectivity index (χ3n) is 3.10. The van der Waals surface area contributed by atoms with Gasteiger partial charge in [-0.25, -0.2) is 0 Å². The van der Waals surface area contributed by atoms with E-state index < -0.39 is 0 Å². The van der Waals surface area contributed by atoms with E-state index in [-0.39, 0.29) is 0 Å². The monoisotopic (exact) mass is 231 g/mol. The van der Waals surface area contributed by atoms with Crippen molar-refractivity contribution < 1.29 is 4.74 Å². The van der Waals surface area contributed by atoms with E-state index >= 15 is 0 Å². The number of nitriles is 1. The van der Waals surface area contributed by atoms with Crippen molar-refractivity contribution in [3.05, 3.63) is 24.0 Å². The van der Waals surface area contributed by atoms with Gasteiger partial charge in [0, 0.05) is 18.7 Å². The molecule has 0 aliphatic carbocycles. The van der Waals surface area contributed by atoms with Crippen LogP contribution in [-0.4, -0.2) is 36.6 Å². The molecule has 1 aliphatic rings. The van der Waals surface area contributed by atoms with Crippen LogP contribution in [0.3, 0.4) is 0 Å². The van der Waals surface area contributed by atoms with Crippen molar-refractivity contribution in [2.75, 3.05) is 26.7 Å². The zero-order valence-electron chi connectivity index (χ0n) is 10.1. The number of rotatable bonds is 3. The Labute approximate surface area is 102 Å². The van der Waals surface area contributed by atoms with Crippen LogP contribution < -0.4 is 4.74 Å². The Kier molecular flexibility index (Phi) is 3.94. The van der Waals surface area contributed by atoms with Gasteiger partial charge in [-0.15, -0.1) is 0 Å². The van der Waals surface area contributed by atoms with Crippen LogP contribution in [0.4, 0.5) is 0 Å². The Morgan fingerprint density at radius 3 is 3.29 bits per heavy atom. The van der Waals surface area contributed by atoms with E-state index in [1.807, 2.05) is 0 Å². The lowest BCUT2D eigenvalue weighted by Gasteiger charge is -2.29. The molecular formula is C13H17N3O. The summed E-state index contributed by atoms with van der Waals surface area (Å²) in [5.41, 5.74) is 0.559. The molecule has 0 N–H and O–H groups in total. The highest BCUT2D eigenvalue weighted by Gasteiger charge is 2.18. The molecule has 1 saturated heterocycles. The number of likely N-dealkylation sites (tertiary alicyclic amines) is 1. The second kappa shape index (κ2) is 5.65. The molecule has 1 atom stereocenters. The van der Waals surface area contributed by atoms with Gasteiger partial charge in [-0.05, 0) is 32.5 Å². The molecule has 0 bridgehead atoms. The topological polar surface area (TPSA) is 49.1 Å². The molecule has 0 saturated carbocycles. The SMILES string of the molecule is CN1CCCC(COc2cnccc2C#N)C1. The van der Waals surface area contributed by atoms with Gasteiger partial charge >= 0.3 is 0 Å². The molecule has 4 nitrogen and oxygen atoms in total. The molecule has 4 heteroatoms. The molecule has 1 aromatic rings. The molecule has 1 fully saturated rings. The molecule has 1 unspecified atom stereocenters. The summed E-state index contributed by atoms with van der Waals surface area (Å²) >= 11 is 0. The van der Waals surface area contributed by atoms with Crippen molar-refractivity contribution in [1.29, 1.82) is 5.26 Å². The van der Waals surface area contributed by atoms with Crippen LogP contribution in [0.15, 0.2) is 18.5 Å². The Hall–Kier alpha value is -1.60. The van der Waals surface area contributed by atoms with Crippen LogP contribution in [0.2, 0.25) is 0 Å². The maximum atomic E-state index is 8.93. The molecule has 0 amide bonds. The van der Waals surface area contributed by atoms with E-state index in [1.165, 1.54) is 19.4 Å². The summed E-state index contributed by atoms with van der Waals surface area (Å²) in [5.74, 6) is 1.16. The fourth-order valence-electron chi connectivity index (χ4n) is 2.20. The lowest BCUT2D eigenvalue weighted by atomic mass is 9.99. The molecule has 1 aromatic heterocycles. The fraction of sp³-hybridized carbons (Fsp3) is 0.538. The minimum absolute atomic E-state index is 0.556. The standard InChI is InChI=1S/C13H17N3O/c1-16-6-2-3-11(9-16)10-17-13-8-15-5-4-12(13)7-14/h4-5,8,11H,2-3,6,9-10H2,1H3. The fourth-order valence-corrected chi connectivity index (χ4v) is 2.20. The maximum absolute atomic E-state index is 8.93. The zero-order valence-corrected chi connectivity index (χ0v) is 10.1. The van der Waals surface area contributed by atoms with Crippen LogP contribution in [0.1, 0.15) is 18.4 Å². The van der Waals surface area contributed by atoms with Gasteiger partial charge in [-0.1, -0.05) is 0 Å². The first-order valence-corrected chi connectivity index (χ1v) is 5.95. The predicted molar refractivity (Wildman–Crippen MR) is 64.7 cm³/mol. The minimum atomic E-state index is 0.556. The smallest absolute Gasteiger partial charge is 0.155 e. The van der Waals surface area contributed by atoms with Crippen molar-refractivity contribution in [2.45, 2.75) is 12.8 Å². The van der Waals surface area contributed by atoms with E-state index in [9.17, 15) is 0 Å². The van der Waals surface area contributed by atoms with Crippen molar-refractivity contribution in [3.8, 4) is 11.8 Å². The molecule has 2 heterocycles. The molecule has 0 aromatic carbocycles. The molecule has 0 radical (unpaired) electrons. The van der Waals surface area contributed by atoms with Gasteiger partial charge in [0.15, 0.2) is 5.75 Å². The minimum Gasteiger partial charge on any atom is -0.490 e. The third kappa shape index (κ3) is 3.18. The van der Waals surface area contributed by atoms with E-state index in [1.54, 1.807) is 18.5 Å². The van der Waals surface area contributed by atoms with Crippen LogP contribution in [0.5, 0.6) is 5.75 Å². The number of piperidine rings is 1. The summed E-state index contributed by atoms with van der Waals surface area (Å²) in [6, 6.07) is 3.80. The summed E-state index contributed by atoms with van der Waals surface area (Å²) in [7, 11) is 2.14. The Balaban J connectivity index is 1.91. The maximum Gasteiger partial charge on any atom is 0.155 e. The van der Waals surface area contributed by atoms with E-state index in [0.29, 0.717) is 23.8 Å². The third-order valence-corrected chi connectivity index (χ3v) is 3.10. The first kappa shape index (κ1) is 11.9. The van der Waals surface area contributed by atoms with E-state index in [4.69, 9.17) is 10.00 Å². The van der Waals surface area contributed by atoms with Gasteiger partial charge in [-0.2, -0.15) is 5.26 Å². The average Bonchev–Trinajstić information content (AvgIpc) is 2.37. The van der Waals surface area contributed by atoms with Gasteiger partial charge in [0.25, 0.3) is 0 Å². The van der Waals surface area contributed by atoms with Gasteiger partial charge in [0.1, 0.15) is 6.07 Å². The molecular weight excluding hydrogens is 214 g/mol. The summed E-state index contributed by atoms with van der Waals surface area (Å²) in [5, 5.41) is 8.93. The van der Waals surface area contributed by atoms with Gasteiger partial charge in [-0.3, -0.25) is 4.98 Å². The molecule has 1 aliphatic heterocycles. The predicted octanol–water partition coefficient (Wildman–Crippen LogP) is 1.67. The molecule has 17 heavy (non-hydrogen) atoms. The Morgan fingerprint density at radius 2 is 2.53 bits per heavy atom. The number of aromatic nitrogens is 1. The first-order valence-electron chi connectivity index (χ1n) is 5.95. The van der Waals surface area contributed by atoms with Crippen LogP contribution in [-0.2, 0) is 0 Å². The van der Waals surface area contributed by atoms with Gasteiger partial charge in [0.2, 0.25) is 0 Å². The molecule has 90 valence electrons. The highest BCUT2D eigenvalue weighted by molar-refractivity contribution is 5.40. The summed E-state index contributed by atoms with van der Waals surface area (Å²) in [6.45, 7) is 2.92. The average molecular weight is 231 g/mol.